The lowest BCUT2D eigenvalue weighted by Crippen LogP contribution is -2.42. The van der Waals surface area contributed by atoms with Crippen molar-refractivity contribution in [3.05, 3.63) is 0 Å². The summed E-state index contributed by atoms with van der Waals surface area (Å²) in [7, 11) is 6.15. The lowest BCUT2D eigenvalue weighted by Gasteiger charge is -2.23. The van der Waals surface area contributed by atoms with Gasteiger partial charge in [0.25, 0.3) is 0 Å². The Morgan fingerprint density at radius 1 is 1.56 bits per heavy atom. The Hall–Kier alpha value is -0.110. The average molecular weight is 266 g/mol. The second-order valence-corrected chi connectivity index (χ2v) is 5.72. The summed E-state index contributed by atoms with van der Waals surface area (Å²) in [5.41, 5.74) is 0. The van der Waals surface area contributed by atoms with Crippen molar-refractivity contribution in [3.63, 3.8) is 0 Å². The summed E-state index contributed by atoms with van der Waals surface area (Å²) in [5, 5.41) is 0. The summed E-state index contributed by atoms with van der Waals surface area (Å²) in [5.74, 6) is 0. The van der Waals surface area contributed by atoms with Crippen molar-refractivity contribution >= 4 is 27.8 Å². The Bertz CT molecular complexity index is 231. The smallest absolute Gasteiger partial charge is 0.328 e. The fraction of sp³-hybridized carbons (Fsp3) is 0.889. The number of urea groups is 1. The van der Waals surface area contributed by atoms with E-state index in [0.717, 1.165) is 6.42 Å². The third-order valence-electron chi connectivity index (χ3n) is 2.54. The first-order valence-corrected chi connectivity index (χ1v) is 7.56. The van der Waals surface area contributed by atoms with Gasteiger partial charge in [-0.3, -0.25) is 4.72 Å². The molecule has 0 aliphatic carbocycles. The van der Waals surface area contributed by atoms with Crippen molar-refractivity contribution in [1.29, 1.82) is 0 Å². The summed E-state index contributed by atoms with van der Waals surface area (Å²) in [6.45, 7) is 1.18. The van der Waals surface area contributed by atoms with Gasteiger partial charge < -0.3 is 14.4 Å². The van der Waals surface area contributed by atoms with Crippen molar-refractivity contribution < 1.29 is 14.3 Å². The molecule has 0 aromatic heterocycles. The van der Waals surface area contributed by atoms with E-state index in [1.54, 1.807) is 19.1 Å². The molecule has 0 radical (unpaired) electrons. The van der Waals surface area contributed by atoms with Crippen LogP contribution in [0, 0.1) is 0 Å². The minimum Gasteiger partial charge on any atom is -0.383 e. The summed E-state index contributed by atoms with van der Waals surface area (Å²) < 4.78 is 13.2. The highest BCUT2D eigenvalue weighted by molar-refractivity contribution is 8.75. The molecule has 0 aromatic carbocycles. The third-order valence-corrected chi connectivity index (χ3v) is 3.72. The third kappa shape index (κ3) is 3.73. The van der Waals surface area contributed by atoms with Crippen LogP contribution >= 0.6 is 21.8 Å². The molecule has 2 amide bonds. The molecule has 1 rings (SSSR count). The minimum absolute atomic E-state index is 0.0686. The quantitative estimate of drug-likeness (QED) is 0.601. The first-order chi connectivity index (χ1) is 7.72. The van der Waals surface area contributed by atoms with E-state index in [4.69, 9.17) is 9.47 Å². The van der Waals surface area contributed by atoms with Crippen LogP contribution in [-0.4, -0.2) is 56.7 Å². The Labute approximate surface area is 104 Å². The zero-order chi connectivity index (χ0) is 12.0. The molecule has 2 atom stereocenters. The molecule has 0 spiro atoms. The van der Waals surface area contributed by atoms with Gasteiger partial charge in [0.05, 0.1) is 18.8 Å². The van der Waals surface area contributed by atoms with Crippen LogP contribution < -0.4 is 4.72 Å². The number of nitrogens with zero attached hydrogens (tertiary/aromatic N) is 1. The van der Waals surface area contributed by atoms with Gasteiger partial charge in [-0.05, 0) is 12.7 Å². The van der Waals surface area contributed by atoms with Crippen LogP contribution in [0.15, 0.2) is 0 Å². The summed E-state index contributed by atoms with van der Waals surface area (Å²) in [4.78, 5) is 13.6. The fourth-order valence-corrected chi connectivity index (χ4v) is 2.52. The van der Waals surface area contributed by atoms with E-state index in [1.807, 2.05) is 6.26 Å². The number of carbonyl (C=O) groups is 1. The van der Waals surface area contributed by atoms with Crippen molar-refractivity contribution in [1.82, 2.24) is 9.62 Å². The lowest BCUT2D eigenvalue weighted by atomic mass is 10.2. The molecule has 1 fully saturated rings. The molecule has 1 heterocycles. The fourth-order valence-electron chi connectivity index (χ4n) is 1.78. The van der Waals surface area contributed by atoms with E-state index in [0.29, 0.717) is 13.2 Å². The number of likely N-dealkylation sites (tertiary alicyclic amines) is 1. The second kappa shape index (κ2) is 7.26. The number of methoxy groups -OCH3 is 2. The number of ether oxygens (including phenoxy) is 2. The Morgan fingerprint density at radius 3 is 2.88 bits per heavy atom. The van der Waals surface area contributed by atoms with Crippen molar-refractivity contribution in [2.24, 2.45) is 0 Å². The highest BCUT2D eigenvalue weighted by Crippen LogP contribution is 2.22. The van der Waals surface area contributed by atoms with Crippen molar-refractivity contribution in [3.8, 4) is 0 Å². The molecule has 0 saturated carbocycles. The highest BCUT2D eigenvalue weighted by Gasteiger charge is 2.35. The zero-order valence-electron chi connectivity index (χ0n) is 9.76. The second-order valence-electron chi connectivity index (χ2n) is 3.51. The maximum absolute atomic E-state index is 11.8. The molecular formula is C9H18N2O3S2. The molecule has 1 aliphatic rings. The number of carbonyl (C=O) groups excluding carboxylic acids is 1. The number of hydrogen-bond donors (Lipinski definition) is 1. The molecule has 0 unspecified atom stereocenters. The molecule has 1 aliphatic heterocycles. The average Bonchev–Trinajstić information content (AvgIpc) is 2.70. The zero-order valence-corrected chi connectivity index (χ0v) is 11.4. The number of amides is 2. The van der Waals surface area contributed by atoms with Gasteiger partial charge in [0, 0.05) is 31.7 Å². The summed E-state index contributed by atoms with van der Waals surface area (Å²) in [6, 6.07) is 0.0401. The van der Waals surface area contributed by atoms with E-state index in [1.165, 1.54) is 21.8 Å². The highest BCUT2D eigenvalue weighted by atomic mass is 33.1. The molecule has 0 aromatic rings. The van der Waals surface area contributed by atoms with Gasteiger partial charge in [0.15, 0.2) is 0 Å². The van der Waals surface area contributed by atoms with Crippen LogP contribution in [0.25, 0.3) is 0 Å². The van der Waals surface area contributed by atoms with Gasteiger partial charge in [-0.25, -0.2) is 4.79 Å². The van der Waals surface area contributed by atoms with Crippen LogP contribution in [0.2, 0.25) is 0 Å². The Morgan fingerprint density at radius 2 is 2.31 bits per heavy atom. The van der Waals surface area contributed by atoms with E-state index in [9.17, 15) is 4.79 Å². The maximum Gasteiger partial charge on any atom is 0.328 e. The van der Waals surface area contributed by atoms with Gasteiger partial charge in [0.1, 0.15) is 0 Å². The summed E-state index contributed by atoms with van der Waals surface area (Å²) in [6.07, 6.45) is 2.87. The first-order valence-electron chi connectivity index (χ1n) is 5.01. The van der Waals surface area contributed by atoms with Crippen molar-refractivity contribution in [2.45, 2.75) is 18.6 Å². The Balaban J connectivity index is 2.50. The number of rotatable bonds is 5. The van der Waals surface area contributed by atoms with Gasteiger partial charge >= 0.3 is 6.03 Å². The van der Waals surface area contributed by atoms with Gasteiger partial charge in [-0.15, -0.1) is 0 Å². The number of hydrogen-bond acceptors (Lipinski definition) is 5. The molecule has 16 heavy (non-hydrogen) atoms. The van der Waals surface area contributed by atoms with Crippen LogP contribution in [0.1, 0.15) is 6.42 Å². The van der Waals surface area contributed by atoms with Gasteiger partial charge in [-0.2, -0.15) is 0 Å². The normalized spacial score (nSPS) is 24.8. The predicted molar refractivity (Wildman–Crippen MR) is 67.4 cm³/mol. The van der Waals surface area contributed by atoms with Crippen molar-refractivity contribution in [2.75, 3.05) is 33.6 Å². The predicted octanol–water partition coefficient (Wildman–Crippen LogP) is 1.36. The SMILES string of the molecule is COC[C@@H]1C[C@@H](OC)CN1C(=O)NSSC. The molecule has 7 heteroatoms. The van der Waals surface area contributed by atoms with E-state index in [2.05, 4.69) is 4.72 Å². The van der Waals surface area contributed by atoms with Gasteiger partial charge in [0.2, 0.25) is 0 Å². The molecule has 0 bridgehead atoms. The monoisotopic (exact) mass is 266 g/mol. The molecular weight excluding hydrogens is 248 g/mol. The van der Waals surface area contributed by atoms with E-state index in [-0.39, 0.29) is 18.2 Å². The molecule has 1 N–H and O–H groups in total. The van der Waals surface area contributed by atoms with Crippen LogP contribution in [0.5, 0.6) is 0 Å². The minimum atomic E-state index is -0.0686. The van der Waals surface area contributed by atoms with E-state index < -0.39 is 0 Å². The molecule has 1 saturated heterocycles. The van der Waals surface area contributed by atoms with Crippen LogP contribution in [-0.2, 0) is 9.47 Å². The molecule has 94 valence electrons. The van der Waals surface area contributed by atoms with Gasteiger partial charge in [-0.1, -0.05) is 10.8 Å². The first kappa shape index (κ1) is 14.0. The Kier molecular flexibility index (Phi) is 6.33. The topological polar surface area (TPSA) is 50.8 Å². The van der Waals surface area contributed by atoms with Crippen LogP contribution in [0.3, 0.4) is 0 Å². The lowest BCUT2D eigenvalue weighted by molar-refractivity contribution is 0.110. The number of nitrogens with one attached hydrogen (secondary N) is 1. The summed E-state index contributed by atoms with van der Waals surface area (Å²) >= 11 is 0. The maximum atomic E-state index is 11.8. The molecule has 5 nitrogen and oxygen atoms in total. The van der Waals surface area contributed by atoms with Crippen LogP contribution in [0.4, 0.5) is 4.79 Å². The standard InChI is InChI=1S/C9H18N2O3S2/c1-13-6-7-4-8(14-2)5-11(7)9(12)10-16-15-3/h7-8H,4-6H2,1-3H3,(H,10,12)/t7-,8+/m0/s1. The van der Waals surface area contributed by atoms with E-state index >= 15 is 0 Å². The largest absolute Gasteiger partial charge is 0.383 e.